The SMILES string of the molecule is Cc1nc(CC(=O)O)nc(-c2ccn(C)c2)n1. The molecule has 0 aliphatic rings. The summed E-state index contributed by atoms with van der Waals surface area (Å²) in [5.41, 5.74) is 0.852. The van der Waals surface area contributed by atoms with Gasteiger partial charge in [-0.2, -0.15) is 0 Å². The van der Waals surface area contributed by atoms with Crippen molar-refractivity contribution in [3.8, 4) is 11.4 Å². The van der Waals surface area contributed by atoms with Crippen molar-refractivity contribution in [1.29, 1.82) is 0 Å². The van der Waals surface area contributed by atoms with E-state index in [9.17, 15) is 4.79 Å². The van der Waals surface area contributed by atoms with Crippen LogP contribution in [0.1, 0.15) is 11.6 Å². The van der Waals surface area contributed by atoms with E-state index in [-0.39, 0.29) is 12.2 Å². The average Bonchev–Trinajstić information content (AvgIpc) is 2.62. The van der Waals surface area contributed by atoms with Gasteiger partial charge >= 0.3 is 5.97 Å². The zero-order chi connectivity index (χ0) is 12.4. The molecule has 17 heavy (non-hydrogen) atoms. The quantitative estimate of drug-likeness (QED) is 0.847. The maximum absolute atomic E-state index is 10.6. The van der Waals surface area contributed by atoms with Gasteiger partial charge in [0.15, 0.2) is 5.82 Å². The first-order chi connectivity index (χ1) is 8.04. The second-order valence-corrected chi connectivity index (χ2v) is 3.76. The number of hydrogen-bond acceptors (Lipinski definition) is 4. The fraction of sp³-hybridized carbons (Fsp3) is 0.273. The Labute approximate surface area is 98.0 Å². The van der Waals surface area contributed by atoms with Crippen molar-refractivity contribution >= 4 is 5.97 Å². The van der Waals surface area contributed by atoms with Gasteiger partial charge in [-0.15, -0.1) is 0 Å². The molecule has 2 rings (SSSR count). The van der Waals surface area contributed by atoms with Crippen LogP contribution in [-0.2, 0) is 18.3 Å². The molecule has 6 nitrogen and oxygen atoms in total. The number of aromatic nitrogens is 4. The van der Waals surface area contributed by atoms with E-state index in [4.69, 9.17) is 5.11 Å². The summed E-state index contributed by atoms with van der Waals surface area (Å²) in [5, 5.41) is 8.72. The van der Waals surface area contributed by atoms with Gasteiger partial charge in [0, 0.05) is 25.0 Å². The van der Waals surface area contributed by atoms with E-state index >= 15 is 0 Å². The first kappa shape index (κ1) is 11.3. The second-order valence-electron chi connectivity index (χ2n) is 3.76. The molecule has 0 saturated carbocycles. The van der Waals surface area contributed by atoms with Gasteiger partial charge in [0.25, 0.3) is 0 Å². The first-order valence-electron chi connectivity index (χ1n) is 5.10. The molecule has 0 atom stereocenters. The van der Waals surface area contributed by atoms with Crippen LogP contribution < -0.4 is 0 Å². The van der Waals surface area contributed by atoms with Crippen LogP contribution in [0.5, 0.6) is 0 Å². The molecular formula is C11H12N4O2. The summed E-state index contributed by atoms with van der Waals surface area (Å²) in [6.07, 6.45) is 3.56. The monoisotopic (exact) mass is 232 g/mol. The van der Waals surface area contributed by atoms with Crippen molar-refractivity contribution in [3.63, 3.8) is 0 Å². The van der Waals surface area contributed by atoms with Crippen LogP contribution in [0.2, 0.25) is 0 Å². The molecule has 0 aromatic carbocycles. The molecule has 2 heterocycles. The molecule has 0 amide bonds. The van der Waals surface area contributed by atoms with Crippen molar-refractivity contribution in [2.24, 2.45) is 7.05 Å². The maximum atomic E-state index is 10.6. The largest absolute Gasteiger partial charge is 0.481 e. The molecule has 6 heteroatoms. The molecule has 2 aromatic heterocycles. The lowest BCUT2D eigenvalue weighted by atomic mass is 10.3. The van der Waals surface area contributed by atoms with E-state index in [0.717, 1.165) is 5.56 Å². The van der Waals surface area contributed by atoms with E-state index in [1.807, 2.05) is 30.1 Å². The Morgan fingerprint density at radius 3 is 2.76 bits per heavy atom. The predicted octanol–water partition coefficient (Wildman–Crippen LogP) is 0.813. The lowest BCUT2D eigenvalue weighted by Gasteiger charge is -2.01. The molecule has 1 N–H and O–H groups in total. The molecule has 0 aliphatic carbocycles. The minimum atomic E-state index is -0.949. The van der Waals surface area contributed by atoms with Crippen LogP contribution in [0.4, 0.5) is 0 Å². The van der Waals surface area contributed by atoms with Gasteiger partial charge in [0.2, 0.25) is 0 Å². The summed E-state index contributed by atoms with van der Waals surface area (Å²) in [6, 6.07) is 1.87. The number of aryl methyl sites for hydroxylation is 2. The van der Waals surface area contributed by atoms with Crippen molar-refractivity contribution in [2.45, 2.75) is 13.3 Å². The van der Waals surface area contributed by atoms with Gasteiger partial charge in [0.1, 0.15) is 18.1 Å². The van der Waals surface area contributed by atoms with Crippen LogP contribution in [0, 0.1) is 6.92 Å². The van der Waals surface area contributed by atoms with Gasteiger partial charge in [-0.3, -0.25) is 4.79 Å². The number of aliphatic carboxylic acids is 1. The van der Waals surface area contributed by atoms with Gasteiger partial charge < -0.3 is 9.67 Å². The smallest absolute Gasteiger partial charge is 0.311 e. The summed E-state index contributed by atoms with van der Waals surface area (Å²) >= 11 is 0. The van der Waals surface area contributed by atoms with Crippen molar-refractivity contribution in [3.05, 3.63) is 30.1 Å². The maximum Gasteiger partial charge on any atom is 0.311 e. The van der Waals surface area contributed by atoms with Crippen molar-refractivity contribution in [2.75, 3.05) is 0 Å². The van der Waals surface area contributed by atoms with Crippen LogP contribution >= 0.6 is 0 Å². The van der Waals surface area contributed by atoms with Gasteiger partial charge in [0.05, 0.1) is 0 Å². The Kier molecular flexibility index (Phi) is 2.86. The third-order valence-corrected chi connectivity index (χ3v) is 2.19. The molecule has 2 aromatic rings. The Balaban J connectivity index is 2.41. The highest BCUT2D eigenvalue weighted by Gasteiger charge is 2.09. The van der Waals surface area contributed by atoms with Crippen LogP contribution in [0.15, 0.2) is 18.5 Å². The second kappa shape index (κ2) is 4.32. The topological polar surface area (TPSA) is 80.9 Å². The summed E-state index contributed by atoms with van der Waals surface area (Å²) in [6.45, 7) is 1.72. The minimum Gasteiger partial charge on any atom is -0.481 e. The molecule has 0 radical (unpaired) electrons. The standard InChI is InChI=1S/C11H12N4O2/c1-7-12-9(5-10(16)17)14-11(13-7)8-3-4-15(2)6-8/h3-4,6H,5H2,1-2H3,(H,16,17). The van der Waals surface area contributed by atoms with Gasteiger partial charge in [-0.25, -0.2) is 15.0 Å². The third-order valence-electron chi connectivity index (χ3n) is 2.19. The van der Waals surface area contributed by atoms with Crippen LogP contribution in [0.3, 0.4) is 0 Å². The molecule has 0 bridgehead atoms. The zero-order valence-electron chi connectivity index (χ0n) is 9.58. The number of carbonyl (C=O) groups is 1. The number of carboxylic acid groups (broad SMARTS) is 1. The van der Waals surface area contributed by atoms with Gasteiger partial charge in [-0.05, 0) is 13.0 Å². The lowest BCUT2D eigenvalue weighted by Crippen LogP contribution is -2.08. The molecule has 0 spiro atoms. The van der Waals surface area contributed by atoms with Crippen LogP contribution in [-0.4, -0.2) is 30.6 Å². The fourth-order valence-corrected chi connectivity index (χ4v) is 1.52. The van der Waals surface area contributed by atoms with Crippen molar-refractivity contribution < 1.29 is 9.90 Å². The summed E-state index contributed by atoms with van der Waals surface area (Å²) in [4.78, 5) is 23.0. The highest BCUT2D eigenvalue weighted by Crippen LogP contribution is 2.14. The Bertz CT molecular complexity index is 562. The number of hydrogen-bond donors (Lipinski definition) is 1. The van der Waals surface area contributed by atoms with E-state index in [0.29, 0.717) is 11.6 Å². The van der Waals surface area contributed by atoms with E-state index in [1.165, 1.54) is 0 Å². The number of carboxylic acids is 1. The summed E-state index contributed by atoms with van der Waals surface area (Å²) in [7, 11) is 1.90. The Morgan fingerprint density at radius 1 is 1.41 bits per heavy atom. The highest BCUT2D eigenvalue weighted by atomic mass is 16.4. The molecule has 0 unspecified atom stereocenters. The number of rotatable bonds is 3. The predicted molar refractivity (Wildman–Crippen MR) is 60.3 cm³/mol. The average molecular weight is 232 g/mol. The van der Waals surface area contributed by atoms with E-state index in [2.05, 4.69) is 15.0 Å². The van der Waals surface area contributed by atoms with Crippen LogP contribution in [0.25, 0.3) is 11.4 Å². The molecule has 0 aliphatic heterocycles. The fourth-order valence-electron chi connectivity index (χ4n) is 1.52. The lowest BCUT2D eigenvalue weighted by molar-refractivity contribution is -0.136. The third kappa shape index (κ3) is 2.66. The normalized spacial score (nSPS) is 10.5. The molecule has 0 saturated heterocycles. The molecule has 88 valence electrons. The van der Waals surface area contributed by atoms with Gasteiger partial charge in [-0.1, -0.05) is 0 Å². The van der Waals surface area contributed by atoms with Crippen molar-refractivity contribution in [1.82, 2.24) is 19.5 Å². The molecular weight excluding hydrogens is 220 g/mol. The Hall–Kier alpha value is -2.24. The Morgan fingerprint density at radius 2 is 2.18 bits per heavy atom. The highest BCUT2D eigenvalue weighted by molar-refractivity contribution is 5.69. The zero-order valence-corrected chi connectivity index (χ0v) is 9.58. The number of nitrogens with zero attached hydrogens (tertiary/aromatic N) is 4. The summed E-state index contributed by atoms with van der Waals surface area (Å²) < 4.78 is 1.88. The molecule has 0 fully saturated rings. The van der Waals surface area contributed by atoms with E-state index < -0.39 is 5.97 Å². The minimum absolute atomic E-state index is 0.191. The van der Waals surface area contributed by atoms with E-state index in [1.54, 1.807) is 6.92 Å². The summed E-state index contributed by atoms with van der Waals surface area (Å²) in [5.74, 6) is 0.364. The first-order valence-corrected chi connectivity index (χ1v) is 5.10.